The second-order valence-electron chi connectivity index (χ2n) is 4.65. The van der Waals surface area contributed by atoms with E-state index in [1.54, 1.807) is 7.11 Å². The molecule has 7 heteroatoms. The second-order valence-corrected chi connectivity index (χ2v) is 6.22. The molecule has 21 heavy (non-hydrogen) atoms. The lowest BCUT2D eigenvalue weighted by Crippen LogP contribution is -2.30. The van der Waals surface area contributed by atoms with Crippen LogP contribution in [0.4, 0.5) is 0 Å². The number of alkyl halides is 1. The van der Waals surface area contributed by atoms with E-state index >= 15 is 0 Å². The minimum Gasteiger partial charge on any atom is -0.383 e. The summed E-state index contributed by atoms with van der Waals surface area (Å²) in [5.74, 6) is 0.597. The molecule has 1 heterocycles. The fourth-order valence-electron chi connectivity index (χ4n) is 2.08. The molecule has 0 aliphatic heterocycles. The molecular weight excluding hydrogens is 358 g/mol. The Hall–Kier alpha value is -1.11. The van der Waals surface area contributed by atoms with Crippen LogP contribution in [0.25, 0.3) is 11.0 Å². The second kappa shape index (κ2) is 7.24. The number of halogens is 2. The first-order valence-electron chi connectivity index (χ1n) is 6.58. The third-order valence-electron chi connectivity index (χ3n) is 3.03. The number of benzene rings is 1. The maximum atomic E-state index is 12.0. The predicted molar refractivity (Wildman–Crippen MR) is 86.6 cm³/mol. The van der Waals surface area contributed by atoms with Gasteiger partial charge in [-0.25, -0.2) is 4.98 Å². The lowest BCUT2D eigenvalue weighted by molar-refractivity contribution is -0.121. The number of ether oxygens (including phenoxy) is 1. The summed E-state index contributed by atoms with van der Waals surface area (Å²) in [7, 11) is 1.60. The van der Waals surface area contributed by atoms with Crippen LogP contribution in [0, 0.1) is 0 Å². The van der Waals surface area contributed by atoms with Crippen LogP contribution in [0.1, 0.15) is 18.1 Å². The number of nitrogens with one attached hydrogen (secondary N) is 1. The van der Waals surface area contributed by atoms with E-state index in [9.17, 15) is 4.79 Å². The molecule has 114 valence electrons. The minimum atomic E-state index is -0.275. The van der Waals surface area contributed by atoms with Gasteiger partial charge in [-0.05, 0) is 25.1 Å². The number of hydrogen-bond donors (Lipinski definition) is 1. The molecule has 0 radical (unpaired) electrons. The fourth-order valence-corrected chi connectivity index (χ4v) is 2.60. The zero-order valence-electron chi connectivity index (χ0n) is 11.9. The van der Waals surface area contributed by atoms with Crippen molar-refractivity contribution in [2.45, 2.75) is 18.8 Å². The first-order valence-corrected chi connectivity index (χ1v) is 7.81. The van der Waals surface area contributed by atoms with E-state index in [0.29, 0.717) is 19.0 Å². The zero-order chi connectivity index (χ0) is 15.4. The molecule has 1 atom stereocenters. The normalized spacial score (nSPS) is 12.6. The van der Waals surface area contributed by atoms with Gasteiger partial charge in [0, 0.05) is 18.1 Å². The van der Waals surface area contributed by atoms with E-state index in [1.807, 2.05) is 29.7 Å². The average molecular weight is 375 g/mol. The van der Waals surface area contributed by atoms with Crippen LogP contribution in [0.3, 0.4) is 0 Å². The van der Waals surface area contributed by atoms with Crippen LogP contribution >= 0.6 is 27.5 Å². The summed E-state index contributed by atoms with van der Waals surface area (Å²) in [5.41, 5.74) is 1.71. The monoisotopic (exact) mass is 373 g/mol. The van der Waals surface area contributed by atoms with Crippen molar-refractivity contribution < 1.29 is 9.53 Å². The van der Waals surface area contributed by atoms with E-state index in [1.165, 1.54) is 0 Å². The van der Waals surface area contributed by atoms with Crippen molar-refractivity contribution in [3.05, 3.63) is 28.5 Å². The molecule has 0 aliphatic carbocycles. The van der Waals surface area contributed by atoms with Gasteiger partial charge in [0.25, 0.3) is 0 Å². The molecule has 1 aromatic carbocycles. The van der Waals surface area contributed by atoms with E-state index in [4.69, 9.17) is 16.3 Å². The number of fused-ring (bicyclic) bond motifs is 1. The third-order valence-corrected chi connectivity index (χ3v) is 3.71. The van der Waals surface area contributed by atoms with Gasteiger partial charge >= 0.3 is 0 Å². The quantitative estimate of drug-likeness (QED) is 0.625. The van der Waals surface area contributed by atoms with Crippen molar-refractivity contribution in [1.82, 2.24) is 14.9 Å². The van der Waals surface area contributed by atoms with Crippen molar-refractivity contribution in [2.24, 2.45) is 0 Å². The Bertz CT molecular complexity index is 642. The molecule has 1 aromatic heterocycles. The smallest absolute Gasteiger partial charge is 0.240 e. The molecule has 2 rings (SSSR count). The molecule has 1 amide bonds. The number of aromatic nitrogens is 2. The largest absolute Gasteiger partial charge is 0.383 e. The zero-order valence-corrected chi connectivity index (χ0v) is 14.2. The van der Waals surface area contributed by atoms with Crippen molar-refractivity contribution in [3.8, 4) is 0 Å². The van der Waals surface area contributed by atoms with Crippen molar-refractivity contribution in [2.75, 3.05) is 20.3 Å². The van der Waals surface area contributed by atoms with Crippen LogP contribution in [0.5, 0.6) is 0 Å². The van der Waals surface area contributed by atoms with E-state index < -0.39 is 0 Å². The standard InChI is InChI=1S/C14H17BrClN3O2/c1-9(16)14-18-11-7-10(15)3-4-12(11)19(14)8-13(20)17-5-6-21-2/h3-4,7,9H,5-6,8H2,1-2H3,(H,17,20). The van der Waals surface area contributed by atoms with Crippen molar-refractivity contribution in [3.63, 3.8) is 0 Å². The number of amides is 1. The molecular formula is C14H17BrClN3O2. The number of nitrogens with zero attached hydrogens (tertiary/aromatic N) is 2. The summed E-state index contributed by atoms with van der Waals surface area (Å²) in [4.78, 5) is 16.5. The predicted octanol–water partition coefficient (Wildman–Crippen LogP) is 2.86. The molecule has 1 N–H and O–H groups in total. The maximum absolute atomic E-state index is 12.0. The number of rotatable bonds is 6. The first-order chi connectivity index (χ1) is 10.0. The molecule has 0 spiro atoms. The number of carbonyl (C=O) groups is 1. The molecule has 0 fully saturated rings. The number of carbonyl (C=O) groups excluding carboxylic acids is 1. The van der Waals surface area contributed by atoms with Crippen LogP contribution in [-0.4, -0.2) is 35.7 Å². The highest BCUT2D eigenvalue weighted by molar-refractivity contribution is 9.10. The molecule has 5 nitrogen and oxygen atoms in total. The Morgan fingerprint density at radius 2 is 2.33 bits per heavy atom. The van der Waals surface area contributed by atoms with Gasteiger partial charge < -0.3 is 14.6 Å². The van der Waals surface area contributed by atoms with E-state index in [-0.39, 0.29) is 17.8 Å². The summed E-state index contributed by atoms with van der Waals surface area (Å²) in [6, 6.07) is 5.76. The summed E-state index contributed by atoms with van der Waals surface area (Å²) >= 11 is 9.60. The fraction of sp³-hybridized carbons (Fsp3) is 0.429. The lowest BCUT2D eigenvalue weighted by atomic mass is 10.3. The van der Waals surface area contributed by atoms with E-state index in [0.717, 1.165) is 15.5 Å². The van der Waals surface area contributed by atoms with Gasteiger partial charge in [0.05, 0.1) is 23.0 Å². The van der Waals surface area contributed by atoms with Gasteiger partial charge in [0.1, 0.15) is 12.4 Å². The highest BCUT2D eigenvalue weighted by atomic mass is 79.9. The highest BCUT2D eigenvalue weighted by Gasteiger charge is 2.17. The van der Waals surface area contributed by atoms with Gasteiger partial charge in [-0.1, -0.05) is 15.9 Å². The third kappa shape index (κ3) is 3.96. The Balaban J connectivity index is 2.28. The minimum absolute atomic E-state index is 0.0900. The molecule has 0 bridgehead atoms. The van der Waals surface area contributed by atoms with Gasteiger partial charge in [-0.2, -0.15) is 0 Å². The molecule has 0 saturated carbocycles. The molecule has 0 saturated heterocycles. The van der Waals surface area contributed by atoms with Gasteiger partial charge in [-0.15, -0.1) is 11.6 Å². The van der Waals surface area contributed by atoms with E-state index in [2.05, 4.69) is 26.2 Å². The Kier molecular flexibility index (Phi) is 5.61. The molecule has 0 aliphatic rings. The van der Waals surface area contributed by atoms with Gasteiger partial charge in [0.15, 0.2) is 0 Å². The number of imidazole rings is 1. The summed E-state index contributed by atoms with van der Waals surface area (Å²) < 4.78 is 7.70. The SMILES string of the molecule is COCCNC(=O)Cn1c(C(C)Cl)nc2cc(Br)ccc21. The van der Waals surface area contributed by atoms with Gasteiger partial charge in [0.2, 0.25) is 5.91 Å². The number of hydrogen-bond acceptors (Lipinski definition) is 3. The Morgan fingerprint density at radius 3 is 3.00 bits per heavy atom. The first kappa shape index (κ1) is 16.3. The average Bonchev–Trinajstić information content (AvgIpc) is 2.77. The van der Waals surface area contributed by atoms with Crippen LogP contribution in [-0.2, 0) is 16.1 Å². The molecule has 1 unspecified atom stereocenters. The number of methoxy groups -OCH3 is 1. The highest BCUT2D eigenvalue weighted by Crippen LogP contribution is 2.26. The van der Waals surface area contributed by atoms with Crippen LogP contribution in [0.2, 0.25) is 0 Å². The maximum Gasteiger partial charge on any atom is 0.240 e. The van der Waals surface area contributed by atoms with Gasteiger partial charge in [-0.3, -0.25) is 4.79 Å². The van der Waals surface area contributed by atoms with Crippen LogP contribution in [0.15, 0.2) is 22.7 Å². The topological polar surface area (TPSA) is 56.1 Å². The van der Waals surface area contributed by atoms with Crippen LogP contribution < -0.4 is 5.32 Å². The molecule has 2 aromatic rings. The Morgan fingerprint density at radius 1 is 1.57 bits per heavy atom. The summed E-state index contributed by atoms with van der Waals surface area (Å²) in [6.07, 6.45) is 0. The summed E-state index contributed by atoms with van der Waals surface area (Å²) in [5, 5.41) is 2.52. The van der Waals surface area contributed by atoms with Crippen molar-refractivity contribution >= 4 is 44.5 Å². The van der Waals surface area contributed by atoms with Crippen molar-refractivity contribution in [1.29, 1.82) is 0 Å². The lowest BCUT2D eigenvalue weighted by Gasteiger charge is -2.10. The summed E-state index contributed by atoms with van der Waals surface area (Å²) in [6.45, 7) is 3.01. The Labute approximate surface area is 136 Å².